The highest BCUT2D eigenvalue weighted by Crippen LogP contribution is 2.31. The van der Waals surface area contributed by atoms with Crippen LogP contribution in [0.1, 0.15) is 21.5 Å². The minimum absolute atomic E-state index is 0.0246. The Labute approximate surface area is 160 Å². The minimum atomic E-state index is -0.318. The van der Waals surface area contributed by atoms with Crippen molar-refractivity contribution < 1.29 is 14.7 Å². The Morgan fingerprint density at radius 1 is 1.23 bits per heavy atom. The lowest BCUT2D eigenvalue weighted by Gasteiger charge is -2.10. The number of thioether (sulfide) groups is 1. The molecule has 1 saturated heterocycles. The van der Waals surface area contributed by atoms with Gasteiger partial charge in [-0.25, -0.2) is 0 Å². The fraction of sp³-hybridized carbons (Fsp3) is 0.105. The number of carbonyl (C=O) groups excluding carboxylic acids is 2. The fourth-order valence-corrected chi connectivity index (χ4v) is 3.61. The van der Waals surface area contributed by atoms with Crippen molar-refractivity contribution in [3.8, 4) is 5.75 Å². The van der Waals surface area contributed by atoms with Crippen LogP contribution in [0.25, 0.3) is 6.08 Å². The van der Waals surface area contributed by atoms with Gasteiger partial charge >= 0.3 is 0 Å². The molecular formula is C19H16N2O3S2. The van der Waals surface area contributed by atoms with Gasteiger partial charge in [0.1, 0.15) is 10.1 Å². The van der Waals surface area contributed by atoms with Crippen molar-refractivity contribution in [1.29, 1.82) is 0 Å². The molecule has 2 aromatic carbocycles. The molecule has 1 fully saturated rings. The zero-order chi connectivity index (χ0) is 18.8. The summed E-state index contributed by atoms with van der Waals surface area (Å²) >= 11 is 6.36. The monoisotopic (exact) mass is 384 g/mol. The molecule has 0 spiro atoms. The average Bonchev–Trinajstić information content (AvgIpc) is 2.86. The summed E-state index contributed by atoms with van der Waals surface area (Å²) in [7, 11) is 1.65. The third-order valence-corrected chi connectivity index (χ3v) is 5.43. The van der Waals surface area contributed by atoms with Crippen LogP contribution in [0.3, 0.4) is 0 Å². The average molecular weight is 384 g/mol. The van der Waals surface area contributed by atoms with Crippen molar-refractivity contribution in [1.82, 2.24) is 4.90 Å². The van der Waals surface area contributed by atoms with Crippen LogP contribution in [-0.4, -0.2) is 33.2 Å². The first-order chi connectivity index (χ1) is 12.4. The lowest BCUT2D eigenvalue weighted by molar-refractivity contribution is -0.121. The van der Waals surface area contributed by atoms with Crippen LogP contribution in [0.2, 0.25) is 0 Å². The first-order valence-electron chi connectivity index (χ1n) is 7.78. The molecular weight excluding hydrogens is 368 g/mol. The number of anilines is 1. The summed E-state index contributed by atoms with van der Waals surface area (Å²) in [5, 5.41) is 12.6. The van der Waals surface area contributed by atoms with Crippen LogP contribution in [0.4, 0.5) is 5.69 Å². The van der Waals surface area contributed by atoms with E-state index in [9.17, 15) is 14.7 Å². The van der Waals surface area contributed by atoms with Crippen molar-refractivity contribution in [2.45, 2.75) is 6.92 Å². The number of nitrogens with zero attached hydrogens (tertiary/aromatic N) is 1. The molecule has 1 aliphatic rings. The number of aromatic hydroxyl groups is 1. The zero-order valence-corrected chi connectivity index (χ0v) is 15.8. The smallest absolute Gasteiger partial charge is 0.265 e. The van der Waals surface area contributed by atoms with Crippen LogP contribution in [0.15, 0.2) is 47.4 Å². The highest BCUT2D eigenvalue weighted by Gasteiger charge is 2.28. The van der Waals surface area contributed by atoms with Crippen molar-refractivity contribution in [2.75, 3.05) is 12.4 Å². The number of hydrogen-bond donors (Lipinski definition) is 2. The second-order valence-electron chi connectivity index (χ2n) is 5.79. The number of thiocarbonyl (C=S) groups is 1. The van der Waals surface area contributed by atoms with Gasteiger partial charge in [0.15, 0.2) is 0 Å². The Balaban J connectivity index is 1.77. The summed E-state index contributed by atoms with van der Waals surface area (Å²) in [5.74, 6) is -0.422. The van der Waals surface area contributed by atoms with Gasteiger partial charge in [0.25, 0.3) is 11.8 Å². The molecule has 0 aliphatic carbocycles. The predicted molar refractivity (Wildman–Crippen MR) is 108 cm³/mol. The summed E-state index contributed by atoms with van der Waals surface area (Å²) in [6, 6.07) is 11.9. The number of rotatable bonds is 3. The molecule has 0 saturated carbocycles. The van der Waals surface area contributed by atoms with Gasteiger partial charge in [-0.2, -0.15) is 0 Å². The van der Waals surface area contributed by atoms with Crippen molar-refractivity contribution in [3.05, 3.63) is 64.1 Å². The molecule has 5 nitrogen and oxygen atoms in total. The van der Waals surface area contributed by atoms with E-state index >= 15 is 0 Å². The van der Waals surface area contributed by atoms with E-state index in [1.54, 1.807) is 43.5 Å². The molecule has 2 aromatic rings. The normalized spacial score (nSPS) is 15.6. The van der Waals surface area contributed by atoms with Gasteiger partial charge in [0.2, 0.25) is 0 Å². The second kappa shape index (κ2) is 7.31. The number of benzene rings is 2. The number of hydrogen-bond acceptors (Lipinski definition) is 5. The van der Waals surface area contributed by atoms with Crippen LogP contribution < -0.4 is 5.32 Å². The number of amides is 2. The molecule has 1 heterocycles. The number of aryl methyl sites for hydroxylation is 1. The number of para-hydroxylation sites is 1. The first-order valence-corrected chi connectivity index (χ1v) is 9.01. The summed E-state index contributed by atoms with van der Waals surface area (Å²) in [4.78, 5) is 26.4. The summed E-state index contributed by atoms with van der Waals surface area (Å²) < 4.78 is 0.523. The summed E-state index contributed by atoms with van der Waals surface area (Å²) in [6.45, 7) is 1.81. The SMILES string of the molecule is Cc1cccc(O)c1NC(=O)c1ccc(C=C2SC(=S)N(C)C2=O)cc1. The van der Waals surface area contributed by atoms with E-state index in [4.69, 9.17) is 12.2 Å². The third-order valence-electron chi connectivity index (χ3n) is 3.95. The quantitative estimate of drug-likeness (QED) is 0.479. The lowest BCUT2D eigenvalue weighted by atomic mass is 10.1. The molecule has 2 N–H and O–H groups in total. The van der Waals surface area contributed by atoms with E-state index in [2.05, 4.69) is 5.32 Å². The number of carbonyl (C=O) groups is 2. The third kappa shape index (κ3) is 3.63. The maximum Gasteiger partial charge on any atom is 0.265 e. The van der Waals surface area contributed by atoms with E-state index in [-0.39, 0.29) is 17.6 Å². The maximum atomic E-state index is 12.4. The van der Waals surface area contributed by atoms with Crippen molar-refractivity contribution >= 4 is 51.9 Å². The molecule has 1 aliphatic heterocycles. The molecule has 0 aromatic heterocycles. The predicted octanol–water partition coefficient (Wildman–Crippen LogP) is 3.78. The Morgan fingerprint density at radius 3 is 2.50 bits per heavy atom. The van der Waals surface area contributed by atoms with E-state index in [0.29, 0.717) is 20.5 Å². The summed E-state index contributed by atoms with van der Waals surface area (Å²) in [5.41, 5.74) is 2.42. The van der Waals surface area contributed by atoms with E-state index in [1.165, 1.54) is 22.7 Å². The fourth-order valence-electron chi connectivity index (χ4n) is 2.43. The molecule has 2 amide bonds. The molecule has 0 bridgehead atoms. The zero-order valence-electron chi connectivity index (χ0n) is 14.1. The molecule has 7 heteroatoms. The molecule has 0 atom stereocenters. The largest absolute Gasteiger partial charge is 0.506 e. The van der Waals surface area contributed by atoms with Crippen molar-refractivity contribution in [3.63, 3.8) is 0 Å². The van der Waals surface area contributed by atoms with E-state index < -0.39 is 0 Å². The Hall–Kier alpha value is -2.64. The van der Waals surface area contributed by atoms with Gasteiger partial charge in [-0.05, 0) is 42.3 Å². The van der Waals surface area contributed by atoms with Crippen LogP contribution in [-0.2, 0) is 4.79 Å². The topological polar surface area (TPSA) is 69.6 Å². The Kier molecular flexibility index (Phi) is 5.11. The highest BCUT2D eigenvalue weighted by molar-refractivity contribution is 8.26. The Bertz CT molecular complexity index is 916. The number of phenols is 1. The standard InChI is InChI=1S/C19H16N2O3S2/c1-11-4-3-5-14(22)16(11)20-17(23)13-8-6-12(7-9-13)10-15-18(24)21(2)19(25)26-15/h3-10,22H,1-2H3,(H,20,23). The van der Waals surface area contributed by atoms with E-state index in [1.807, 2.05) is 13.0 Å². The molecule has 3 rings (SSSR count). The number of phenolic OH excluding ortho intramolecular Hbond substituents is 1. The summed E-state index contributed by atoms with van der Waals surface area (Å²) in [6.07, 6.45) is 1.75. The van der Waals surface area contributed by atoms with Crippen LogP contribution >= 0.6 is 24.0 Å². The van der Waals surface area contributed by atoms with Gasteiger partial charge in [-0.15, -0.1) is 0 Å². The molecule has 0 radical (unpaired) electrons. The second-order valence-corrected chi connectivity index (χ2v) is 7.46. The molecule has 132 valence electrons. The van der Waals surface area contributed by atoms with Crippen molar-refractivity contribution in [2.24, 2.45) is 0 Å². The van der Waals surface area contributed by atoms with Crippen LogP contribution in [0.5, 0.6) is 5.75 Å². The van der Waals surface area contributed by atoms with E-state index in [0.717, 1.165) is 11.1 Å². The molecule has 26 heavy (non-hydrogen) atoms. The number of nitrogens with one attached hydrogen (secondary N) is 1. The Morgan fingerprint density at radius 2 is 1.92 bits per heavy atom. The van der Waals surface area contributed by atoms with Crippen LogP contribution in [0, 0.1) is 6.92 Å². The number of likely N-dealkylation sites (N-methyl/N-ethyl adjacent to an activating group) is 1. The molecule has 0 unspecified atom stereocenters. The highest BCUT2D eigenvalue weighted by atomic mass is 32.2. The van der Waals surface area contributed by atoms with Gasteiger partial charge in [0.05, 0.1) is 10.6 Å². The lowest BCUT2D eigenvalue weighted by Crippen LogP contribution is -2.22. The maximum absolute atomic E-state index is 12.4. The van der Waals surface area contributed by atoms with Gasteiger partial charge in [-0.1, -0.05) is 48.2 Å². The van der Waals surface area contributed by atoms with Gasteiger partial charge < -0.3 is 10.4 Å². The van der Waals surface area contributed by atoms with Gasteiger partial charge in [-0.3, -0.25) is 14.5 Å². The van der Waals surface area contributed by atoms with Gasteiger partial charge in [0, 0.05) is 12.6 Å². The minimum Gasteiger partial charge on any atom is -0.506 e. The first kappa shape index (κ1) is 18.2.